The number of likely N-dealkylation sites (tertiary alicyclic amines) is 1. The van der Waals surface area contributed by atoms with Crippen molar-refractivity contribution in [3.05, 3.63) is 35.5 Å². The zero-order valence-corrected chi connectivity index (χ0v) is 16.1. The number of piperidine rings is 3. The largest absolute Gasteiger partial charge is 0.332 e. The van der Waals surface area contributed by atoms with Crippen LogP contribution in [0.2, 0.25) is 0 Å². The normalized spacial score (nSPS) is 32.6. The summed E-state index contributed by atoms with van der Waals surface area (Å²) in [5.41, 5.74) is 2.86. The lowest BCUT2D eigenvalue weighted by molar-refractivity contribution is 0.00146. The van der Waals surface area contributed by atoms with Gasteiger partial charge in [-0.1, -0.05) is 18.1 Å². The molecule has 3 aliphatic heterocycles. The lowest BCUT2D eigenvalue weighted by Crippen LogP contribution is -2.60. The third-order valence-corrected chi connectivity index (χ3v) is 7.36. The molecule has 7 heteroatoms. The Hall–Kier alpha value is -2.28. The predicted molar refractivity (Wildman–Crippen MR) is 104 cm³/mol. The van der Waals surface area contributed by atoms with Gasteiger partial charge in [-0.15, -0.1) is 5.10 Å². The number of aromatic nitrogens is 4. The molecule has 1 amide bonds. The van der Waals surface area contributed by atoms with E-state index in [4.69, 9.17) is 0 Å². The molecule has 3 fully saturated rings. The summed E-state index contributed by atoms with van der Waals surface area (Å²) in [5.74, 6) is 1.38. The van der Waals surface area contributed by atoms with Crippen LogP contribution in [0.3, 0.4) is 0 Å². The number of fused-ring (bicyclic) bond motifs is 7. The first kappa shape index (κ1) is 16.7. The quantitative estimate of drug-likeness (QED) is 0.712. The van der Waals surface area contributed by atoms with Crippen molar-refractivity contribution in [2.24, 2.45) is 11.8 Å². The fourth-order valence-electron chi connectivity index (χ4n) is 6.23. The fourth-order valence-corrected chi connectivity index (χ4v) is 6.23. The van der Waals surface area contributed by atoms with Crippen LogP contribution in [0.25, 0.3) is 5.65 Å². The molecule has 5 heterocycles. The average molecular weight is 378 g/mol. The van der Waals surface area contributed by atoms with Crippen LogP contribution in [0.4, 0.5) is 0 Å². The van der Waals surface area contributed by atoms with Crippen LogP contribution in [0, 0.1) is 11.8 Å². The van der Waals surface area contributed by atoms with Crippen LogP contribution in [0.15, 0.2) is 30.0 Å². The van der Waals surface area contributed by atoms with E-state index in [1.54, 1.807) is 10.7 Å². The number of carbonyl (C=O) groups is 1. The fraction of sp³-hybridized carbons (Fsp3) is 0.619. The van der Waals surface area contributed by atoms with Gasteiger partial charge in [0, 0.05) is 25.3 Å². The van der Waals surface area contributed by atoms with E-state index in [0.29, 0.717) is 23.0 Å². The van der Waals surface area contributed by atoms with Gasteiger partial charge in [0.1, 0.15) is 0 Å². The minimum Gasteiger partial charge on any atom is -0.332 e. The first-order chi connectivity index (χ1) is 13.8. The monoisotopic (exact) mass is 378 g/mol. The Bertz CT molecular complexity index is 951. The zero-order valence-electron chi connectivity index (χ0n) is 16.1. The number of hydrogen-bond acceptors (Lipinski definition) is 5. The Balaban J connectivity index is 1.33. The summed E-state index contributed by atoms with van der Waals surface area (Å²) >= 11 is 0. The predicted octanol–water partition coefficient (Wildman–Crippen LogP) is 2.16. The van der Waals surface area contributed by atoms with Gasteiger partial charge < -0.3 is 4.90 Å². The van der Waals surface area contributed by atoms with E-state index in [-0.39, 0.29) is 11.9 Å². The van der Waals surface area contributed by atoms with Crippen LogP contribution in [0.5, 0.6) is 0 Å². The number of rotatable bonds is 1. The molecule has 0 saturated carbocycles. The number of pyridine rings is 1. The van der Waals surface area contributed by atoms with E-state index in [9.17, 15) is 4.79 Å². The molecule has 0 unspecified atom stereocenters. The third kappa shape index (κ3) is 2.52. The molecule has 7 nitrogen and oxygen atoms in total. The number of nitrogens with zero attached hydrogens (tertiary/aromatic N) is 6. The maximum Gasteiger partial charge on any atom is 0.255 e. The minimum absolute atomic E-state index is 0.118. The Labute approximate surface area is 164 Å². The van der Waals surface area contributed by atoms with E-state index in [1.165, 1.54) is 37.8 Å². The van der Waals surface area contributed by atoms with Gasteiger partial charge in [0.15, 0.2) is 5.65 Å². The summed E-state index contributed by atoms with van der Waals surface area (Å²) in [7, 11) is 0. The highest BCUT2D eigenvalue weighted by Gasteiger charge is 2.47. The van der Waals surface area contributed by atoms with Crippen LogP contribution >= 0.6 is 0 Å². The lowest BCUT2D eigenvalue weighted by atomic mass is 9.68. The molecule has 2 bridgehead atoms. The van der Waals surface area contributed by atoms with Gasteiger partial charge in [0.2, 0.25) is 0 Å². The molecule has 3 saturated heterocycles. The van der Waals surface area contributed by atoms with Crippen molar-refractivity contribution in [1.29, 1.82) is 0 Å². The Morgan fingerprint density at radius 1 is 1.14 bits per heavy atom. The molecule has 28 heavy (non-hydrogen) atoms. The van der Waals surface area contributed by atoms with Crippen LogP contribution < -0.4 is 0 Å². The average Bonchev–Trinajstić information content (AvgIpc) is 3.21. The second kappa shape index (κ2) is 6.37. The third-order valence-electron chi connectivity index (χ3n) is 7.36. The van der Waals surface area contributed by atoms with Gasteiger partial charge in [-0.25, -0.2) is 0 Å². The minimum atomic E-state index is 0.118. The molecule has 0 N–H and O–H groups in total. The first-order valence-corrected chi connectivity index (χ1v) is 10.7. The van der Waals surface area contributed by atoms with Crippen molar-refractivity contribution in [2.45, 2.75) is 50.6 Å². The molecular formula is C21H26N6O. The Morgan fingerprint density at radius 2 is 2.11 bits per heavy atom. The number of tetrazole rings is 1. The summed E-state index contributed by atoms with van der Waals surface area (Å²) in [5, 5.41) is 11.6. The van der Waals surface area contributed by atoms with E-state index in [2.05, 4.69) is 31.4 Å². The first-order valence-electron chi connectivity index (χ1n) is 10.7. The lowest BCUT2D eigenvalue weighted by Gasteiger charge is -2.54. The number of amides is 1. The number of carbonyl (C=O) groups excluding carboxylic acids is 1. The van der Waals surface area contributed by atoms with Crippen molar-refractivity contribution >= 4 is 11.6 Å². The van der Waals surface area contributed by atoms with Crippen LogP contribution in [-0.4, -0.2) is 67.5 Å². The molecule has 2 aromatic heterocycles. The van der Waals surface area contributed by atoms with E-state index in [0.717, 1.165) is 32.0 Å². The van der Waals surface area contributed by atoms with Crippen molar-refractivity contribution in [3.63, 3.8) is 0 Å². The van der Waals surface area contributed by atoms with E-state index >= 15 is 0 Å². The van der Waals surface area contributed by atoms with Crippen molar-refractivity contribution in [1.82, 2.24) is 29.8 Å². The molecule has 0 spiro atoms. The zero-order chi connectivity index (χ0) is 18.7. The van der Waals surface area contributed by atoms with Gasteiger partial charge in [0.25, 0.3) is 5.91 Å². The molecular weight excluding hydrogens is 352 g/mol. The van der Waals surface area contributed by atoms with Crippen molar-refractivity contribution in [2.75, 3.05) is 19.6 Å². The molecule has 2 aromatic rings. The second-order valence-corrected chi connectivity index (χ2v) is 8.91. The molecule has 6 rings (SSSR count). The van der Waals surface area contributed by atoms with E-state index < -0.39 is 0 Å². The summed E-state index contributed by atoms with van der Waals surface area (Å²) in [6, 6.07) is 4.69. The van der Waals surface area contributed by atoms with Crippen LogP contribution in [-0.2, 0) is 0 Å². The Morgan fingerprint density at radius 3 is 3.07 bits per heavy atom. The van der Waals surface area contributed by atoms with Crippen molar-refractivity contribution < 1.29 is 4.79 Å². The summed E-state index contributed by atoms with van der Waals surface area (Å²) < 4.78 is 1.59. The summed E-state index contributed by atoms with van der Waals surface area (Å²) in [4.78, 5) is 18.3. The molecule has 4 aliphatic rings. The highest BCUT2D eigenvalue weighted by atomic mass is 16.2. The maximum absolute atomic E-state index is 13.5. The molecule has 0 radical (unpaired) electrons. The molecule has 146 valence electrons. The van der Waals surface area contributed by atoms with E-state index in [1.807, 2.05) is 12.1 Å². The van der Waals surface area contributed by atoms with Gasteiger partial charge in [-0.05, 0) is 73.0 Å². The highest BCUT2D eigenvalue weighted by molar-refractivity contribution is 5.94. The molecule has 4 atom stereocenters. The SMILES string of the molecule is O=C(c1ccc2nnnn2c1)N1CCCC2=C[C@H]3C[C@H](CN4CCCC[C@@H]34)[C@@H]21. The summed E-state index contributed by atoms with van der Waals surface area (Å²) in [6.45, 7) is 3.23. The molecule has 0 aromatic carbocycles. The van der Waals surface area contributed by atoms with Crippen LogP contribution in [0.1, 0.15) is 48.9 Å². The maximum atomic E-state index is 13.5. The van der Waals surface area contributed by atoms with Gasteiger partial charge in [-0.3, -0.25) is 9.69 Å². The van der Waals surface area contributed by atoms with Gasteiger partial charge >= 0.3 is 0 Å². The Kier molecular flexibility index (Phi) is 3.79. The molecule has 1 aliphatic carbocycles. The second-order valence-electron chi connectivity index (χ2n) is 8.91. The highest BCUT2D eigenvalue weighted by Crippen LogP contribution is 2.45. The topological polar surface area (TPSA) is 66.6 Å². The standard InChI is InChI=1S/C21H26N6O/c28-21(15-6-7-19-22-23-24-27(19)13-15)26-9-3-4-14-10-16-11-17(20(14)26)12-25-8-2-1-5-18(16)25/h6-7,10,13,16-18,20H,1-5,8-9,11-12H2/t16-,17+,18-,20+/m0/s1. The van der Waals surface area contributed by atoms with Gasteiger partial charge in [-0.2, -0.15) is 4.52 Å². The summed E-state index contributed by atoms with van der Waals surface area (Å²) in [6.07, 6.45) is 11.8. The van der Waals surface area contributed by atoms with Crippen molar-refractivity contribution in [3.8, 4) is 0 Å². The smallest absolute Gasteiger partial charge is 0.255 e. The van der Waals surface area contributed by atoms with Gasteiger partial charge in [0.05, 0.1) is 11.6 Å². The number of hydrogen-bond donors (Lipinski definition) is 0.